The van der Waals surface area contributed by atoms with Crippen molar-refractivity contribution >= 4 is 17.4 Å². The number of rotatable bonds is 4. The van der Waals surface area contributed by atoms with Crippen molar-refractivity contribution < 1.29 is 4.79 Å². The number of hydrogen-bond acceptors (Lipinski definition) is 2. The lowest BCUT2D eigenvalue weighted by atomic mass is 10.0. The summed E-state index contributed by atoms with van der Waals surface area (Å²) in [7, 11) is 0. The van der Waals surface area contributed by atoms with Gasteiger partial charge in [-0.15, -0.1) is 0 Å². The van der Waals surface area contributed by atoms with E-state index in [4.69, 9.17) is 11.6 Å². The Labute approximate surface area is 111 Å². The summed E-state index contributed by atoms with van der Waals surface area (Å²) >= 11 is 5.75. The van der Waals surface area contributed by atoms with Gasteiger partial charge in [0.1, 0.15) is 6.54 Å². The summed E-state index contributed by atoms with van der Waals surface area (Å²) in [6, 6.07) is 7.72. The average Bonchev–Trinajstić information content (AvgIpc) is 2.75. The van der Waals surface area contributed by atoms with Gasteiger partial charge in [0.05, 0.1) is 11.2 Å². The normalized spacial score (nSPS) is 10.9. The minimum absolute atomic E-state index is 0.0325. The van der Waals surface area contributed by atoms with E-state index in [9.17, 15) is 4.79 Å². The van der Waals surface area contributed by atoms with Gasteiger partial charge in [0.2, 0.25) is 0 Å². The van der Waals surface area contributed by atoms with Crippen molar-refractivity contribution in [2.75, 3.05) is 0 Å². The largest absolute Gasteiger partial charge is 0.292 e. The summed E-state index contributed by atoms with van der Waals surface area (Å²) in [5, 5.41) is 4.53. The van der Waals surface area contributed by atoms with Gasteiger partial charge in [-0.05, 0) is 11.5 Å². The number of ketones is 1. The van der Waals surface area contributed by atoms with Gasteiger partial charge in [0.15, 0.2) is 5.78 Å². The molecule has 0 aliphatic heterocycles. The number of benzene rings is 1. The van der Waals surface area contributed by atoms with Crippen LogP contribution in [0.15, 0.2) is 36.7 Å². The highest BCUT2D eigenvalue weighted by Gasteiger charge is 2.08. The van der Waals surface area contributed by atoms with Gasteiger partial charge in [-0.3, -0.25) is 9.48 Å². The first-order valence-corrected chi connectivity index (χ1v) is 6.25. The molecule has 2 aromatic rings. The monoisotopic (exact) mass is 262 g/mol. The third-order valence-electron chi connectivity index (χ3n) is 2.81. The lowest BCUT2D eigenvalue weighted by molar-refractivity contribution is 0.0967. The van der Waals surface area contributed by atoms with Gasteiger partial charge >= 0.3 is 0 Å². The summed E-state index contributed by atoms with van der Waals surface area (Å²) in [6.07, 6.45) is 3.17. The number of carbonyl (C=O) groups is 1. The fraction of sp³-hybridized carbons (Fsp3) is 0.286. The van der Waals surface area contributed by atoms with Gasteiger partial charge in [-0.2, -0.15) is 5.10 Å². The second kappa shape index (κ2) is 5.36. The Morgan fingerprint density at radius 3 is 2.50 bits per heavy atom. The molecule has 94 valence electrons. The second-order valence-electron chi connectivity index (χ2n) is 4.56. The van der Waals surface area contributed by atoms with Gasteiger partial charge in [-0.25, -0.2) is 0 Å². The van der Waals surface area contributed by atoms with Crippen LogP contribution in [-0.4, -0.2) is 15.6 Å². The van der Waals surface area contributed by atoms with Crippen LogP contribution in [0, 0.1) is 0 Å². The molecule has 1 heterocycles. The van der Waals surface area contributed by atoms with E-state index in [1.807, 2.05) is 24.3 Å². The zero-order valence-electron chi connectivity index (χ0n) is 10.4. The maximum atomic E-state index is 12.0. The molecule has 0 aliphatic rings. The van der Waals surface area contributed by atoms with Crippen molar-refractivity contribution in [2.45, 2.75) is 26.3 Å². The first-order valence-electron chi connectivity index (χ1n) is 5.87. The number of carbonyl (C=O) groups excluding carboxylic acids is 1. The minimum atomic E-state index is 0.0325. The van der Waals surface area contributed by atoms with Gasteiger partial charge in [-0.1, -0.05) is 49.7 Å². The number of hydrogen-bond donors (Lipinski definition) is 0. The molecular weight excluding hydrogens is 248 g/mol. The molecule has 0 unspecified atom stereocenters. The molecule has 18 heavy (non-hydrogen) atoms. The predicted molar refractivity (Wildman–Crippen MR) is 72.1 cm³/mol. The second-order valence-corrected chi connectivity index (χ2v) is 4.99. The molecule has 0 bridgehead atoms. The van der Waals surface area contributed by atoms with Crippen molar-refractivity contribution in [3.05, 3.63) is 52.8 Å². The SMILES string of the molecule is CC(C)c1ccc(C(=O)Cn2cc(Cl)cn2)cc1. The van der Waals surface area contributed by atoms with E-state index < -0.39 is 0 Å². The fourth-order valence-electron chi connectivity index (χ4n) is 1.72. The molecule has 0 aliphatic carbocycles. The van der Waals surface area contributed by atoms with E-state index in [2.05, 4.69) is 18.9 Å². The Balaban J connectivity index is 2.09. The number of nitrogens with zero attached hydrogens (tertiary/aromatic N) is 2. The summed E-state index contributed by atoms with van der Waals surface area (Å²) in [4.78, 5) is 12.0. The summed E-state index contributed by atoms with van der Waals surface area (Å²) in [5.41, 5.74) is 1.93. The lowest BCUT2D eigenvalue weighted by Gasteiger charge is -2.06. The highest BCUT2D eigenvalue weighted by Crippen LogP contribution is 2.15. The van der Waals surface area contributed by atoms with Crippen LogP contribution < -0.4 is 0 Å². The molecule has 2 rings (SSSR count). The molecule has 1 aromatic heterocycles. The molecule has 0 saturated carbocycles. The van der Waals surface area contributed by atoms with Gasteiger partial charge in [0.25, 0.3) is 0 Å². The summed E-state index contributed by atoms with van der Waals surface area (Å²) in [6.45, 7) is 4.47. The van der Waals surface area contributed by atoms with Crippen molar-refractivity contribution in [3.63, 3.8) is 0 Å². The number of halogens is 1. The van der Waals surface area contributed by atoms with Crippen LogP contribution in [0.3, 0.4) is 0 Å². The van der Waals surface area contributed by atoms with Crippen LogP contribution in [0.4, 0.5) is 0 Å². The Morgan fingerprint density at radius 1 is 1.33 bits per heavy atom. The third-order valence-corrected chi connectivity index (χ3v) is 3.00. The Kier molecular flexibility index (Phi) is 3.82. The highest BCUT2D eigenvalue weighted by atomic mass is 35.5. The fourth-order valence-corrected chi connectivity index (χ4v) is 1.87. The standard InChI is InChI=1S/C14H15ClN2O/c1-10(2)11-3-5-12(6-4-11)14(18)9-17-8-13(15)7-16-17/h3-8,10H,9H2,1-2H3. The van der Waals surface area contributed by atoms with E-state index in [1.54, 1.807) is 10.9 Å². The Morgan fingerprint density at radius 2 is 2.00 bits per heavy atom. The van der Waals surface area contributed by atoms with Crippen LogP contribution in [0.5, 0.6) is 0 Å². The van der Waals surface area contributed by atoms with Crippen LogP contribution in [0.25, 0.3) is 0 Å². The van der Waals surface area contributed by atoms with Crippen LogP contribution in [0.1, 0.15) is 35.7 Å². The highest BCUT2D eigenvalue weighted by molar-refractivity contribution is 6.30. The van der Waals surface area contributed by atoms with Crippen LogP contribution >= 0.6 is 11.6 Å². The quantitative estimate of drug-likeness (QED) is 0.790. The van der Waals surface area contributed by atoms with E-state index in [1.165, 1.54) is 11.8 Å². The molecule has 0 atom stereocenters. The average molecular weight is 263 g/mol. The van der Waals surface area contributed by atoms with Crippen molar-refractivity contribution in [1.29, 1.82) is 0 Å². The van der Waals surface area contributed by atoms with E-state index in [-0.39, 0.29) is 12.3 Å². The number of Topliss-reactive ketones (excluding diaryl/α,β-unsaturated/α-hetero) is 1. The molecule has 0 fully saturated rings. The van der Waals surface area contributed by atoms with Crippen molar-refractivity contribution in [3.8, 4) is 0 Å². The smallest absolute Gasteiger partial charge is 0.184 e. The molecule has 0 amide bonds. The molecular formula is C14H15ClN2O. The topological polar surface area (TPSA) is 34.9 Å². The van der Waals surface area contributed by atoms with Crippen LogP contribution in [0.2, 0.25) is 5.02 Å². The summed E-state index contributed by atoms with van der Waals surface area (Å²) in [5.74, 6) is 0.504. The van der Waals surface area contributed by atoms with Crippen molar-refractivity contribution in [1.82, 2.24) is 9.78 Å². The molecule has 3 nitrogen and oxygen atoms in total. The molecule has 0 radical (unpaired) electrons. The Bertz CT molecular complexity index is 543. The van der Waals surface area contributed by atoms with E-state index in [0.717, 1.165) is 0 Å². The zero-order valence-corrected chi connectivity index (χ0v) is 11.2. The molecule has 0 spiro atoms. The van der Waals surface area contributed by atoms with E-state index >= 15 is 0 Å². The van der Waals surface area contributed by atoms with Crippen LogP contribution in [-0.2, 0) is 6.54 Å². The maximum Gasteiger partial charge on any atom is 0.184 e. The number of aromatic nitrogens is 2. The third kappa shape index (κ3) is 2.99. The molecule has 0 N–H and O–H groups in total. The molecule has 4 heteroatoms. The lowest BCUT2D eigenvalue weighted by Crippen LogP contribution is -2.10. The molecule has 1 aromatic carbocycles. The van der Waals surface area contributed by atoms with Gasteiger partial charge in [0, 0.05) is 11.8 Å². The molecule has 0 saturated heterocycles. The van der Waals surface area contributed by atoms with Crippen molar-refractivity contribution in [2.24, 2.45) is 0 Å². The summed E-state index contributed by atoms with van der Waals surface area (Å²) < 4.78 is 1.54. The van der Waals surface area contributed by atoms with E-state index in [0.29, 0.717) is 16.5 Å². The zero-order chi connectivity index (χ0) is 13.1. The minimum Gasteiger partial charge on any atom is -0.292 e. The maximum absolute atomic E-state index is 12.0. The van der Waals surface area contributed by atoms with Gasteiger partial charge < -0.3 is 0 Å². The first kappa shape index (κ1) is 12.8. The predicted octanol–water partition coefficient (Wildman–Crippen LogP) is 3.54. The Hall–Kier alpha value is -1.61. The first-order chi connectivity index (χ1) is 8.56.